The zero-order valence-corrected chi connectivity index (χ0v) is 7.15. The van der Waals surface area contributed by atoms with E-state index in [0.717, 1.165) is 0 Å². The number of alkyl halides is 2. The van der Waals surface area contributed by atoms with Crippen molar-refractivity contribution in [1.82, 2.24) is 0 Å². The highest BCUT2D eigenvalue weighted by Crippen LogP contribution is 2.15. The molecule has 0 radical (unpaired) electrons. The number of hydrogen-bond acceptors (Lipinski definition) is 1. The van der Waals surface area contributed by atoms with Crippen LogP contribution in [0, 0.1) is 5.92 Å². The molecule has 0 spiro atoms. The van der Waals surface area contributed by atoms with Crippen LogP contribution < -0.4 is 0 Å². The summed E-state index contributed by atoms with van der Waals surface area (Å²) in [6.07, 6.45) is -0.369. The minimum atomic E-state index is -0.369. The van der Waals surface area contributed by atoms with Crippen LogP contribution in [0.5, 0.6) is 0 Å². The predicted octanol–water partition coefficient (Wildman–Crippen LogP) is 1.85. The Hall–Kier alpha value is 0.540. The van der Waals surface area contributed by atoms with Crippen molar-refractivity contribution in [3.63, 3.8) is 0 Å². The van der Waals surface area contributed by atoms with Crippen molar-refractivity contribution < 1.29 is 5.11 Å². The fraction of sp³-hybridized carbons (Fsp3) is 1.00. The van der Waals surface area contributed by atoms with Gasteiger partial charge in [-0.05, 0) is 12.8 Å². The third kappa shape index (κ3) is 3.29. The Bertz CT molecular complexity index is 75.5. The Balaban J connectivity index is 3.58. The Morgan fingerprint density at radius 3 is 2.00 bits per heavy atom. The zero-order valence-electron chi connectivity index (χ0n) is 5.64. The minimum Gasteiger partial charge on any atom is -0.393 e. The normalized spacial score (nSPS) is 21.0. The molecule has 3 atom stereocenters. The van der Waals surface area contributed by atoms with Crippen molar-refractivity contribution in [2.75, 3.05) is 5.88 Å². The molecule has 0 aromatic rings. The molecule has 0 aliphatic rings. The van der Waals surface area contributed by atoms with Crippen molar-refractivity contribution in [2.24, 2.45) is 5.92 Å². The molecule has 0 saturated carbocycles. The van der Waals surface area contributed by atoms with Crippen LogP contribution >= 0.6 is 23.2 Å². The Morgan fingerprint density at radius 1 is 1.44 bits per heavy atom. The fourth-order valence-electron chi connectivity index (χ4n) is 0.443. The van der Waals surface area contributed by atoms with Gasteiger partial charge in [-0.3, -0.25) is 0 Å². The lowest BCUT2D eigenvalue weighted by atomic mass is 10.0. The van der Waals surface area contributed by atoms with Gasteiger partial charge in [-0.25, -0.2) is 0 Å². The third-order valence-corrected chi connectivity index (χ3v) is 2.52. The summed E-state index contributed by atoms with van der Waals surface area (Å²) in [5, 5.41) is 8.86. The smallest absolute Gasteiger partial charge is 0.0552 e. The first-order chi connectivity index (χ1) is 4.09. The van der Waals surface area contributed by atoms with E-state index in [1.807, 2.05) is 6.92 Å². The Labute approximate surface area is 66.0 Å². The molecule has 1 nitrogen and oxygen atoms in total. The average Bonchev–Trinajstić information content (AvgIpc) is 1.84. The van der Waals surface area contributed by atoms with Crippen molar-refractivity contribution in [3.05, 3.63) is 0 Å². The number of aliphatic hydroxyl groups is 1. The lowest BCUT2D eigenvalue weighted by Gasteiger charge is -2.17. The number of aliphatic hydroxyl groups excluding tert-OH is 1. The maximum Gasteiger partial charge on any atom is 0.0552 e. The molecule has 0 bridgehead atoms. The van der Waals surface area contributed by atoms with Gasteiger partial charge in [0.05, 0.1) is 11.5 Å². The topological polar surface area (TPSA) is 20.2 Å². The molecule has 3 heteroatoms. The van der Waals surface area contributed by atoms with E-state index in [2.05, 4.69) is 0 Å². The lowest BCUT2D eigenvalue weighted by molar-refractivity contribution is 0.135. The molecule has 0 fully saturated rings. The maximum atomic E-state index is 8.98. The molecule has 56 valence electrons. The summed E-state index contributed by atoms with van der Waals surface area (Å²) in [6, 6.07) is 0. The van der Waals surface area contributed by atoms with E-state index in [-0.39, 0.29) is 17.4 Å². The largest absolute Gasteiger partial charge is 0.393 e. The molecule has 9 heavy (non-hydrogen) atoms. The quantitative estimate of drug-likeness (QED) is 0.642. The lowest BCUT2D eigenvalue weighted by Crippen LogP contribution is -2.24. The second-order valence-electron chi connectivity index (χ2n) is 2.27. The predicted molar refractivity (Wildman–Crippen MR) is 41.2 cm³/mol. The van der Waals surface area contributed by atoms with Crippen LogP contribution in [0.2, 0.25) is 0 Å². The zero-order chi connectivity index (χ0) is 7.44. The number of rotatable bonds is 3. The van der Waals surface area contributed by atoms with Gasteiger partial charge in [0.2, 0.25) is 0 Å². The molecule has 0 heterocycles. The Morgan fingerprint density at radius 2 is 1.89 bits per heavy atom. The van der Waals surface area contributed by atoms with Gasteiger partial charge >= 0.3 is 0 Å². The maximum absolute atomic E-state index is 8.98. The summed E-state index contributed by atoms with van der Waals surface area (Å²) in [5.41, 5.74) is 0. The summed E-state index contributed by atoms with van der Waals surface area (Å²) >= 11 is 11.2. The van der Waals surface area contributed by atoms with Gasteiger partial charge in [0.1, 0.15) is 0 Å². The van der Waals surface area contributed by atoms with E-state index >= 15 is 0 Å². The first-order valence-corrected chi connectivity index (χ1v) is 3.94. The molecule has 0 aliphatic carbocycles. The third-order valence-electron chi connectivity index (χ3n) is 1.48. The van der Waals surface area contributed by atoms with Gasteiger partial charge < -0.3 is 5.11 Å². The highest BCUT2D eigenvalue weighted by atomic mass is 35.5. The standard InChI is InChI=1S/C6H12Cl2O/c1-4(5(2)9)6(8)3-7/h4-6,9H,3H2,1-2H3. The molecule has 0 aromatic heterocycles. The molecule has 0 amide bonds. The fourth-order valence-corrected chi connectivity index (χ4v) is 0.934. The van der Waals surface area contributed by atoms with E-state index in [1.165, 1.54) is 0 Å². The SMILES string of the molecule is CC(O)C(C)C(Cl)CCl. The van der Waals surface area contributed by atoms with Crippen molar-refractivity contribution >= 4 is 23.2 Å². The molecule has 0 saturated heterocycles. The van der Waals surface area contributed by atoms with E-state index < -0.39 is 0 Å². The summed E-state index contributed by atoms with van der Waals surface area (Å²) in [5.74, 6) is 0.470. The summed E-state index contributed by atoms with van der Waals surface area (Å²) < 4.78 is 0. The van der Waals surface area contributed by atoms with Crippen molar-refractivity contribution in [2.45, 2.75) is 25.3 Å². The van der Waals surface area contributed by atoms with Crippen molar-refractivity contribution in [3.8, 4) is 0 Å². The monoisotopic (exact) mass is 170 g/mol. The van der Waals surface area contributed by atoms with E-state index in [0.29, 0.717) is 5.88 Å². The van der Waals surface area contributed by atoms with Gasteiger partial charge in [-0.2, -0.15) is 0 Å². The van der Waals surface area contributed by atoms with E-state index in [4.69, 9.17) is 28.3 Å². The van der Waals surface area contributed by atoms with Gasteiger partial charge in [-0.15, -0.1) is 23.2 Å². The molecule has 0 aromatic carbocycles. The van der Waals surface area contributed by atoms with Crippen LogP contribution in [0.25, 0.3) is 0 Å². The van der Waals surface area contributed by atoms with Crippen LogP contribution in [-0.2, 0) is 0 Å². The molecular weight excluding hydrogens is 159 g/mol. The molecule has 0 aliphatic heterocycles. The van der Waals surface area contributed by atoms with Crippen LogP contribution in [0.3, 0.4) is 0 Å². The van der Waals surface area contributed by atoms with Crippen molar-refractivity contribution in [1.29, 1.82) is 0 Å². The van der Waals surface area contributed by atoms with Gasteiger partial charge in [-0.1, -0.05) is 6.92 Å². The molecule has 1 N–H and O–H groups in total. The van der Waals surface area contributed by atoms with E-state index in [9.17, 15) is 0 Å². The Kier molecular flexibility index (Phi) is 4.63. The van der Waals surface area contributed by atoms with Crippen LogP contribution in [0.1, 0.15) is 13.8 Å². The van der Waals surface area contributed by atoms with Crippen LogP contribution in [-0.4, -0.2) is 22.5 Å². The van der Waals surface area contributed by atoms with Crippen LogP contribution in [0.4, 0.5) is 0 Å². The second kappa shape index (κ2) is 4.37. The first-order valence-electron chi connectivity index (χ1n) is 2.97. The second-order valence-corrected chi connectivity index (χ2v) is 3.14. The first kappa shape index (κ1) is 9.54. The van der Waals surface area contributed by atoms with Gasteiger partial charge in [0.15, 0.2) is 0 Å². The van der Waals surface area contributed by atoms with Gasteiger partial charge in [0.25, 0.3) is 0 Å². The average molecular weight is 171 g/mol. The highest BCUT2D eigenvalue weighted by Gasteiger charge is 2.17. The summed E-state index contributed by atoms with van der Waals surface area (Å²) in [7, 11) is 0. The molecule has 3 unspecified atom stereocenters. The van der Waals surface area contributed by atoms with Crippen LogP contribution in [0.15, 0.2) is 0 Å². The molecule has 0 rings (SSSR count). The summed E-state index contributed by atoms with van der Waals surface area (Å²) in [4.78, 5) is 0. The van der Waals surface area contributed by atoms with Gasteiger partial charge in [0, 0.05) is 5.88 Å². The van der Waals surface area contributed by atoms with E-state index in [1.54, 1.807) is 6.92 Å². The highest BCUT2D eigenvalue weighted by molar-refractivity contribution is 6.28. The number of hydrogen-bond donors (Lipinski definition) is 1. The number of halogens is 2. The minimum absolute atomic E-state index is 0.0733. The summed E-state index contributed by atoms with van der Waals surface area (Å²) in [6.45, 7) is 3.59. The molecular formula is C6H12Cl2O.